The summed E-state index contributed by atoms with van der Waals surface area (Å²) in [6.07, 6.45) is 0.545. The first-order chi connectivity index (χ1) is 18.4. The van der Waals surface area contributed by atoms with Crippen LogP contribution in [0.25, 0.3) is 0 Å². The van der Waals surface area contributed by atoms with Crippen LogP contribution in [0.5, 0.6) is 5.75 Å². The molecule has 2 unspecified atom stereocenters. The second-order valence-corrected chi connectivity index (χ2v) is 10.1. The van der Waals surface area contributed by atoms with Crippen LogP contribution >= 0.6 is 0 Å². The van der Waals surface area contributed by atoms with E-state index in [1.54, 1.807) is 12.0 Å². The molecule has 0 bridgehead atoms. The number of benzene rings is 3. The summed E-state index contributed by atoms with van der Waals surface area (Å²) in [5, 5.41) is 2.91. The third-order valence-electron chi connectivity index (χ3n) is 7.13. The zero-order valence-corrected chi connectivity index (χ0v) is 22.5. The van der Waals surface area contributed by atoms with E-state index in [1.807, 2.05) is 49.4 Å². The maximum Gasteiger partial charge on any atom is 0.254 e. The third kappa shape index (κ3) is 6.79. The predicted octanol–water partition coefficient (Wildman–Crippen LogP) is 3.67. The minimum atomic E-state index is -0.564. The molecule has 1 aliphatic rings. The van der Waals surface area contributed by atoms with Crippen LogP contribution in [0.2, 0.25) is 0 Å². The number of carbonyl (C=O) groups is 2. The Kier molecular flexibility index (Phi) is 9.15. The summed E-state index contributed by atoms with van der Waals surface area (Å²) in [4.78, 5) is 31.0. The monoisotopic (exact) mass is 514 g/mol. The van der Waals surface area contributed by atoms with Crippen molar-refractivity contribution in [3.05, 3.63) is 101 Å². The summed E-state index contributed by atoms with van der Waals surface area (Å²) >= 11 is 0. The summed E-state index contributed by atoms with van der Waals surface area (Å²) < 4.78 is 5.45. The zero-order valence-electron chi connectivity index (χ0n) is 22.5. The Hall–Kier alpha value is -3.68. The molecule has 1 saturated heterocycles. The minimum absolute atomic E-state index is 0.00877. The van der Waals surface area contributed by atoms with Crippen LogP contribution in [0.1, 0.15) is 39.0 Å². The molecular formula is C31H38N4O3. The molecule has 2 amide bonds. The van der Waals surface area contributed by atoms with E-state index < -0.39 is 6.04 Å². The van der Waals surface area contributed by atoms with Crippen LogP contribution in [0.3, 0.4) is 0 Å². The van der Waals surface area contributed by atoms with Crippen molar-refractivity contribution >= 4 is 11.8 Å². The highest BCUT2D eigenvalue weighted by Crippen LogP contribution is 2.28. The lowest BCUT2D eigenvalue weighted by Crippen LogP contribution is -2.47. The highest BCUT2D eigenvalue weighted by Gasteiger charge is 2.42. The molecule has 200 valence electrons. The molecule has 1 fully saturated rings. The van der Waals surface area contributed by atoms with Crippen LogP contribution < -0.4 is 15.8 Å². The molecular weight excluding hydrogens is 476 g/mol. The molecule has 0 spiro atoms. The van der Waals surface area contributed by atoms with Gasteiger partial charge in [0.2, 0.25) is 5.91 Å². The second kappa shape index (κ2) is 12.7. The molecule has 4 rings (SSSR count). The predicted molar refractivity (Wildman–Crippen MR) is 150 cm³/mol. The van der Waals surface area contributed by atoms with Gasteiger partial charge in [0.15, 0.2) is 0 Å². The van der Waals surface area contributed by atoms with Gasteiger partial charge in [-0.1, -0.05) is 59.7 Å². The lowest BCUT2D eigenvalue weighted by Gasteiger charge is -2.29. The van der Waals surface area contributed by atoms with Crippen molar-refractivity contribution in [1.82, 2.24) is 15.1 Å². The van der Waals surface area contributed by atoms with Gasteiger partial charge < -0.3 is 20.7 Å². The zero-order chi connectivity index (χ0) is 27.1. The Morgan fingerprint density at radius 1 is 0.974 bits per heavy atom. The van der Waals surface area contributed by atoms with Crippen LogP contribution in [-0.4, -0.2) is 60.4 Å². The number of nitrogens with zero attached hydrogens (tertiary/aromatic N) is 2. The number of likely N-dealkylation sites (tertiary alicyclic amines) is 1. The summed E-state index contributed by atoms with van der Waals surface area (Å²) in [6.45, 7) is 6.62. The highest BCUT2D eigenvalue weighted by atomic mass is 16.5. The lowest BCUT2D eigenvalue weighted by atomic mass is 10.1. The maximum atomic E-state index is 13.6. The van der Waals surface area contributed by atoms with Gasteiger partial charge in [-0.25, -0.2) is 0 Å². The smallest absolute Gasteiger partial charge is 0.254 e. The van der Waals surface area contributed by atoms with E-state index in [4.69, 9.17) is 10.5 Å². The number of hydrogen-bond donors (Lipinski definition) is 2. The molecule has 38 heavy (non-hydrogen) atoms. The van der Waals surface area contributed by atoms with Crippen molar-refractivity contribution < 1.29 is 14.3 Å². The van der Waals surface area contributed by atoms with Gasteiger partial charge >= 0.3 is 0 Å². The van der Waals surface area contributed by atoms with Crippen molar-refractivity contribution in [2.24, 2.45) is 5.73 Å². The Bertz CT molecular complexity index is 1230. The Labute approximate surface area is 225 Å². The molecule has 0 aromatic heterocycles. The Balaban J connectivity index is 1.63. The van der Waals surface area contributed by atoms with Gasteiger partial charge in [-0.05, 0) is 55.7 Å². The van der Waals surface area contributed by atoms with Gasteiger partial charge in [-0.15, -0.1) is 0 Å². The van der Waals surface area contributed by atoms with Crippen molar-refractivity contribution in [2.45, 2.75) is 45.4 Å². The number of nitrogens with one attached hydrogen (secondary N) is 1. The molecule has 1 heterocycles. The fraction of sp³-hybridized carbons (Fsp3) is 0.355. The number of carbonyl (C=O) groups excluding carboxylic acids is 2. The van der Waals surface area contributed by atoms with E-state index in [0.29, 0.717) is 44.7 Å². The summed E-state index contributed by atoms with van der Waals surface area (Å²) in [6, 6.07) is 23.5. The largest absolute Gasteiger partial charge is 0.497 e. The van der Waals surface area contributed by atoms with E-state index in [2.05, 4.69) is 47.5 Å². The molecule has 0 aliphatic carbocycles. The van der Waals surface area contributed by atoms with Crippen molar-refractivity contribution in [3.8, 4) is 5.75 Å². The molecule has 1 aliphatic heterocycles. The average Bonchev–Trinajstić information content (AvgIpc) is 3.38. The minimum Gasteiger partial charge on any atom is -0.497 e. The maximum absolute atomic E-state index is 13.6. The quantitative estimate of drug-likeness (QED) is 0.431. The molecule has 2 atom stereocenters. The molecule has 3 aromatic rings. The normalized spacial score (nSPS) is 17.0. The van der Waals surface area contributed by atoms with Crippen molar-refractivity contribution in [2.75, 3.05) is 26.7 Å². The second-order valence-electron chi connectivity index (χ2n) is 10.1. The summed E-state index contributed by atoms with van der Waals surface area (Å²) in [5.74, 6) is 0.520. The van der Waals surface area contributed by atoms with E-state index in [0.717, 1.165) is 16.9 Å². The van der Waals surface area contributed by atoms with Crippen molar-refractivity contribution in [1.29, 1.82) is 0 Å². The number of nitrogens with two attached hydrogens (primary N) is 1. The fourth-order valence-electron chi connectivity index (χ4n) is 4.97. The molecule has 7 nitrogen and oxygen atoms in total. The van der Waals surface area contributed by atoms with Crippen LogP contribution in [0.15, 0.2) is 72.8 Å². The number of rotatable bonds is 10. The Morgan fingerprint density at radius 2 is 1.63 bits per heavy atom. The molecule has 3 aromatic carbocycles. The van der Waals surface area contributed by atoms with Gasteiger partial charge in [-0.3, -0.25) is 14.5 Å². The van der Waals surface area contributed by atoms with E-state index >= 15 is 0 Å². The molecule has 0 saturated carbocycles. The topological polar surface area (TPSA) is 87.9 Å². The molecule has 0 radical (unpaired) electrons. The molecule has 3 N–H and O–H groups in total. The first-order valence-electron chi connectivity index (χ1n) is 13.2. The third-order valence-corrected chi connectivity index (χ3v) is 7.13. The van der Waals surface area contributed by atoms with Crippen molar-refractivity contribution in [3.63, 3.8) is 0 Å². The lowest BCUT2D eigenvalue weighted by molar-refractivity contribution is -0.124. The fourth-order valence-corrected chi connectivity index (χ4v) is 4.97. The first-order valence-corrected chi connectivity index (χ1v) is 13.2. The van der Waals surface area contributed by atoms with Gasteiger partial charge in [0.25, 0.3) is 5.91 Å². The highest BCUT2D eigenvalue weighted by molar-refractivity contribution is 5.98. The summed E-state index contributed by atoms with van der Waals surface area (Å²) in [5.41, 5.74) is 10.8. The average molecular weight is 515 g/mol. The van der Waals surface area contributed by atoms with Gasteiger partial charge in [0.1, 0.15) is 11.8 Å². The number of aryl methyl sites for hydroxylation is 2. The number of hydrogen-bond acceptors (Lipinski definition) is 5. The van der Waals surface area contributed by atoms with E-state index in [-0.39, 0.29) is 17.9 Å². The van der Waals surface area contributed by atoms with Gasteiger partial charge in [0.05, 0.1) is 7.11 Å². The number of methoxy groups -OCH3 is 1. The summed E-state index contributed by atoms with van der Waals surface area (Å²) in [7, 11) is 1.67. The Morgan fingerprint density at radius 3 is 2.29 bits per heavy atom. The first kappa shape index (κ1) is 27.4. The van der Waals surface area contributed by atoms with E-state index in [1.165, 1.54) is 11.1 Å². The number of ether oxygens (including phenoxy) is 1. The van der Waals surface area contributed by atoms with Gasteiger partial charge in [0, 0.05) is 44.3 Å². The number of amides is 2. The van der Waals surface area contributed by atoms with Crippen LogP contribution in [0.4, 0.5) is 0 Å². The standard InChI is InChI=1S/C31H38N4O3/c1-22-7-11-24(12-8-22)19-34(20-25-5-4-6-28(17-25)38-3)27-18-29(30(36)33-16-15-32)35(21-27)31(37)26-13-9-23(2)10-14-26/h4-14,17,27,29H,15-16,18-21,32H2,1-3H3,(H,33,36). The van der Waals surface area contributed by atoms with Crippen LogP contribution in [-0.2, 0) is 17.9 Å². The van der Waals surface area contributed by atoms with E-state index in [9.17, 15) is 9.59 Å². The molecule has 7 heteroatoms. The van der Waals surface area contributed by atoms with Gasteiger partial charge in [-0.2, -0.15) is 0 Å². The van der Waals surface area contributed by atoms with Crippen LogP contribution in [0, 0.1) is 13.8 Å². The SMILES string of the molecule is COc1cccc(CN(Cc2ccc(C)cc2)C2CC(C(=O)NCCN)N(C(=O)c3ccc(C)cc3)C2)c1.